The second kappa shape index (κ2) is 10.8. The first kappa shape index (κ1) is 25.7. The van der Waals surface area contributed by atoms with Crippen LogP contribution in [0.1, 0.15) is 31.1 Å². The zero-order chi connectivity index (χ0) is 24.9. The number of carbonyl (C=O) groups is 3. The number of esters is 1. The van der Waals surface area contributed by atoms with E-state index >= 15 is 0 Å². The zero-order valence-corrected chi connectivity index (χ0v) is 18.5. The lowest BCUT2D eigenvalue weighted by atomic mass is 10.0. The van der Waals surface area contributed by atoms with Gasteiger partial charge in [0.15, 0.2) is 6.10 Å². The maximum atomic E-state index is 13.7. The van der Waals surface area contributed by atoms with Crippen molar-refractivity contribution in [3.8, 4) is 0 Å². The van der Waals surface area contributed by atoms with Gasteiger partial charge in [-0.05, 0) is 31.0 Å². The average Bonchev–Trinajstić information content (AvgIpc) is 2.73. The molecule has 2 rings (SSSR count). The third-order valence-electron chi connectivity index (χ3n) is 4.47. The van der Waals surface area contributed by atoms with Gasteiger partial charge in [0.25, 0.3) is 17.5 Å². The van der Waals surface area contributed by atoms with Crippen molar-refractivity contribution in [1.29, 1.82) is 0 Å². The van der Waals surface area contributed by atoms with Crippen LogP contribution in [0.15, 0.2) is 36.4 Å². The number of nitro benzene ring substituents is 1. The molecule has 12 heteroatoms. The standard InChI is InChI=1S/C21H20ClF2N3O6/c1-10(2)18(26-20(29)14-6-5-13(27(31)32)9-15(14)22)21(30)33-11(3)19(28)25-17-7-4-12(23)8-16(17)24/h4-11,18H,1-3H3,(H,25,28)(H,26,29)/t11?,18-/m0/s1. The monoisotopic (exact) mass is 483 g/mol. The second-order valence-corrected chi connectivity index (χ2v) is 7.72. The molecule has 0 spiro atoms. The minimum Gasteiger partial charge on any atom is -0.451 e. The lowest BCUT2D eigenvalue weighted by Gasteiger charge is -2.23. The highest BCUT2D eigenvalue weighted by atomic mass is 35.5. The number of nitro groups is 1. The fraction of sp³-hybridized carbons (Fsp3) is 0.286. The van der Waals surface area contributed by atoms with Crippen LogP contribution in [0.4, 0.5) is 20.2 Å². The predicted molar refractivity (Wildman–Crippen MR) is 115 cm³/mol. The number of amides is 2. The van der Waals surface area contributed by atoms with E-state index in [1.807, 2.05) is 0 Å². The van der Waals surface area contributed by atoms with Gasteiger partial charge in [0, 0.05) is 18.2 Å². The normalized spacial score (nSPS) is 12.6. The van der Waals surface area contributed by atoms with E-state index in [0.717, 1.165) is 30.3 Å². The Labute approximate surface area is 192 Å². The van der Waals surface area contributed by atoms with Crippen molar-refractivity contribution in [2.45, 2.75) is 32.9 Å². The summed E-state index contributed by atoms with van der Waals surface area (Å²) in [7, 11) is 0. The molecule has 0 aliphatic heterocycles. The van der Waals surface area contributed by atoms with Crippen molar-refractivity contribution in [2.75, 3.05) is 5.32 Å². The quantitative estimate of drug-likeness (QED) is 0.333. The molecule has 0 saturated heterocycles. The maximum Gasteiger partial charge on any atom is 0.329 e. The van der Waals surface area contributed by atoms with Gasteiger partial charge in [-0.3, -0.25) is 19.7 Å². The Bertz CT molecular complexity index is 1100. The third kappa shape index (κ3) is 6.69. The lowest BCUT2D eigenvalue weighted by Crippen LogP contribution is -2.47. The molecule has 0 radical (unpaired) electrons. The molecule has 176 valence electrons. The lowest BCUT2D eigenvalue weighted by molar-refractivity contribution is -0.384. The summed E-state index contributed by atoms with van der Waals surface area (Å²) in [6.07, 6.45) is -1.37. The number of hydrogen-bond acceptors (Lipinski definition) is 6. The molecular formula is C21H20ClF2N3O6. The van der Waals surface area contributed by atoms with E-state index in [1.54, 1.807) is 13.8 Å². The maximum absolute atomic E-state index is 13.7. The van der Waals surface area contributed by atoms with Crippen LogP contribution < -0.4 is 10.6 Å². The van der Waals surface area contributed by atoms with Gasteiger partial charge in [-0.15, -0.1) is 0 Å². The van der Waals surface area contributed by atoms with E-state index in [1.165, 1.54) is 6.92 Å². The first-order valence-electron chi connectivity index (χ1n) is 9.62. The van der Waals surface area contributed by atoms with Gasteiger partial charge in [0.05, 0.1) is 21.2 Å². The summed E-state index contributed by atoms with van der Waals surface area (Å²) in [6, 6.07) is 4.59. The number of nitrogens with zero attached hydrogens (tertiary/aromatic N) is 1. The van der Waals surface area contributed by atoms with Crippen molar-refractivity contribution in [3.63, 3.8) is 0 Å². The SMILES string of the molecule is CC(OC(=O)[C@@H](NC(=O)c1ccc([N+](=O)[O-])cc1Cl)C(C)C)C(=O)Nc1ccc(F)cc1F. The van der Waals surface area contributed by atoms with E-state index in [4.69, 9.17) is 16.3 Å². The molecule has 0 aromatic heterocycles. The Hall–Kier alpha value is -3.60. The Morgan fingerprint density at radius 3 is 2.30 bits per heavy atom. The van der Waals surface area contributed by atoms with Gasteiger partial charge < -0.3 is 15.4 Å². The molecule has 0 fully saturated rings. The highest BCUT2D eigenvalue weighted by molar-refractivity contribution is 6.34. The zero-order valence-electron chi connectivity index (χ0n) is 17.7. The topological polar surface area (TPSA) is 128 Å². The second-order valence-electron chi connectivity index (χ2n) is 7.31. The van der Waals surface area contributed by atoms with Crippen LogP contribution in [0.25, 0.3) is 0 Å². The predicted octanol–water partition coefficient (Wildman–Crippen LogP) is 3.85. The van der Waals surface area contributed by atoms with Crippen molar-refractivity contribution >= 4 is 40.8 Å². The molecule has 9 nitrogen and oxygen atoms in total. The van der Waals surface area contributed by atoms with Crippen LogP contribution in [-0.2, 0) is 14.3 Å². The molecule has 1 unspecified atom stereocenters. The molecule has 2 aromatic rings. The van der Waals surface area contributed by atoms with Gasteiger partial charge in [-0.1, -0.05) is 25.4 Å². The van der Waals surface area contributed by atoms with Gasteiger partial charge >= 0.3 is 5.97 Å². The van der Waals surface area contributed by atoms with E-state index < -0.39 is 52.4 Å². The first-order valence-corrected chi connectivity index (χ1v) is 9.99. The molecule has 0 heterocycles. The highest BCUT2D eigenvalue weighted by Crippen LogP contribution is 2.23. The summed E-state index contributed by atoms with van der Waals surface area (Å²) in [4.78, 5) is 47.5. The molecule has 0 bridgehead atoms. The number of non-ortho nitro benzene ring substituents is 1. The van der Waals surface area contributed by atoms with E-state index in [2.05, 4.69) is 10.6 Å². The van der Waals surface area contributed by atoms with E-state index in [9.17, 15) is 33.3 Å². The summed E-state index contributed by atoms with van der Waals surface area (Å²) in [5, 5.41) is 15.2. The number of halogens is 3. The minimum atomic E-state index is -1.37. The molecular weight excluding hydrogens is 464 g/mol. The van der Waals surface area contributed by atoms with Crippen LogP contribution in [0, 0.1) is 27.7 Å². The van der Waals surface area contributed by atoms with Crippen molar-refractivity contribution in [3.05, 3.63) is 68.7 Å². The summed E-state index contributed by atoms with van der Waals surface area (Å²) >= 11 is 5.95. The van der Waals surface area contributed by atoms with Crippen LogP contribution in [0.3, 0.4) is 0 Å². The Morgan fingerprint density at radius 1 is 1.09 bits per heavy atom. The summed E-state index contributed by atoms with van der Waals surface area (Å²) < 4.78 is 31.8. The van der Waals surface area contributed by atoms with E-state index in [-0.39, 0.29) is 22.0 Å². The summed E-state index contributed by atoms with van der Waals surface area (Å²) in [6.45, 7) is 4.46. The number of anilines is 1. The molecule has 2 N–H and O–H groups in total. The van der Waals surface area contributed by atoms with Crippen molar-refractivity contribution in [2.24, 2.45) is 5.92 Å². The molecule has 2 atom stereocenters. The van der Waals surface area contributed by atoms with Gasteiger partial charge in [0.1, 0.15) is 17.7 Å². The average molecular weight is 484 g/mol. The van der Waals surface area contributed by atoms with Crippen molar-refractivity contribution < 1.29 is 32.8 Å². The number of nitrogens with one attached hydrogen (secondary N) is 2. The molecule has 2 amide bonds. The van der Waals surface area contributed by atoms with Gasteiger partial charge in [-0.2, -0.15) is 0 Å². The van der Waals surface area contributed by atoms with Gasteiger partial charge in [-0.25, -0.2) is 13.6 Å². The summed E-state index contributed by atoms with van der Waals surface area (Å²) in [5.74, 6) is -4.90. The Balaban J connectivity index is 2.07. The molecule has 0 saturated carbocycles. The number of benzene rings is 2. The van der Waals surface area contributed by atoms with Crippen LogP contribution >= 0.6 is 11.6 Å². The molecule has 2 aromatic carbocycles. The molecule has 0 aliphatic rings. The summed E-state index contributed by atoms with van der Waals surface area (Å²) in [5.41, 5.74) is -0.710. The fourth-order valence-corrected chi connectivity index (χ4v) is 2.91. The largest absolute Gasteiger partial charge is 0.451 e. The Kier molecular flexibility index (Phi) is 8.41. The third-order valence-corrected chi connectivity index (χ3v) is 4.78. The smallest absolute Gasteiger partial charge is 0.329 e. The number of rotatable bonds is 8. The first-order chi connectivity index (χ1) is 15.4. The fourth-order valence-electron chi connectivity index (χ4n) is 2.64. The van der Waals surface area contributed by atoms with Crippen LogP contribution in [0.5, 0.6) is 0 Å². The van der Waals surface area contributed by atoms with Gasteiger partial charge in [0.2, 0.25) is 0 Å². The van der Waals surface area contributed by atoms with Crippen molar-refractivity contribution in [1.82, 2.24) is 5.32 Å². The number of carbonyl (C=O) groups excluding carboxylic acids is 3. The highest BCUT2D eigenvalue weighted by Gasteiger charge is 2.30. The molecule has 33 heavy (non-hydrogen) atoms. The minimum absolute atomic E-state index is 0.0988. The van der Waals surface area contributed by atoms with Crippen LogP contribution in [0.2, 0.25) is 5.02 Å². The number of ether oxygens (including phenoxy) is 1. The Morgan fingerprint density at radius 2 is 1.76 bits per heavy atom. The van der Waals surface area contributed by atoms with E-state index in [0.29, 0.717) is 6.07 Å². The van der Waals surface area contributed by atoms with Crippen LogP contribution in [-0.4, -0.2) is 34.9 Å². The number of hydrogen-bond donors (Lipinski definition) is 2. The molecule has 0 aliphatic carbocycles.